The lowest BCUT2D eigenvalue weighted by atomic mass is 9.97. The Labute approximate surface area is 242 Å². The molecule has 4 unspecified atom stereocenters. The number of rotatable bonds is 28. The van der Waals surface area contributed by atoms with E-state index in [1.807, 2.05) is 13.8 Å². The van der Waals surface area contributed by atoms with Crippen molar-refractivity contribution in [3.63, 3.8) is 0 Å². The van der Waals surface area contributed by atoms with E-state index in [0.29, 0.717) is 11.8 Å². The van der Waals surface area contributed by atoms with Gasteiger partial charge in [-0.3, -0.25) is 0 Å². The fourth-order valence-corrected chi connectivity index (χ4v) is 5.10. The predicted molar refractivity (Wildman–Crippen MR) is 173 cm³/mol. The van der Waals surface area contributed by atoms with Gasteiger partial charge in [0.05, 0.1) is 12.2 Å². The maximum absolute atomic E-state index is 9.41. The molecule has 0 rings (SSSR count). The minimum Gasteiger partial charge on any atom is -0.393 e. The molecule has 0 aliphatic rings. The number of unbranched alkanes of at least 4 members (excludes halogenated alkanes) is 22. The van der Waals surface area contributed by atoms with E-state index in [1.54, 1.807) is 0 Å². The maximum Gasteiger partial charge on any atom is 0.0537 e. The molecule has 0 radical (unpaired) electrons. The zero-order chi connectivity index (χ0) is 28.7. The lowest BCUT2D eigenvalue weighted by Crippen LogP contribution is -2.12. The van der Waals surface area contributed by atoms with Crippen LogP contribution >= 0.6 is 0 Å². The summed E-state index contributed by atoms with van der Waals surface area (Å²) in [6.07, 6.45) is 35.9. The molecule has 0 aromatic heterocycles. The Morgan fingerprint density at radius 2 is 0.500 bits per heavy atom. The highest BCUT2D eigenvalue weighted by molar-refractivity contribution is 4.60. The van der Waals surface area contributed by atoms with Crippen LogP contribution < -0.4 is 0 Å². The Hall–Kier alpha value is -0.0800. The van der Waals surface area contributed by atoms with E-state index in [9.17, 15) is 10.2 Å². The average molecular weight is 541 g/mol. The molecule has 2 N–H and O–H groups in total. The second-order valence-corrected chi connectivity index (χ2v) is 12.8. The van der Waals surface area contributed by atoms with Crippen LogP contribution in [0.25, 0.3) is 0 Å². The van der Waals surface area contributed by atoms with Crippen LogP contribution in [0.15, 0.2) is 0 Å². The van der Waals surface area contributed by atoms with Crippen molar-refractivity contribution in [1.82, 2.24) is 0 Å². The second-order valence-electron chi connectivity index (χ2n) is 12.8. The molecule has 0 aromatic carbocycles. The zero-order valence-electron chi connectivity index (χ0n) is 27.6. The summed E-state index contributed by atoms with van der Waals surface area (Å²) >= 11 is 0. The van der Waals surface area contributed by atoms with Crippen molar-refractivity contribution >= 4 is 0 Å². The quantitative estimate of drug-likeness (QED) is 0.0968. The van der Waals surface area contributed by atoms with Gasteiger partial charge in [0.1, 0.15) is 0 Å². The molecule has 0 saturated heterocycles. The van der Waals surface area contributed by atoms with Crippen LogP contribution in [0.5, 0.6) is 0 Å². The molecule has 4 atom stereocenters. The first-order valence-electron chi connectivity index (χ1n) is 17.7. The van der Waals surface area contributed by atoms with Crippen molar-refractivity contribution in [2.75, 3.05) is 0 Å². The van der Waals surface area contributed by atoms with Crippen molar-refractivity contribution in [3.05, 3.63) is 0 Å². The van der Waals surface area contributed by atoms with Crippen molar-refractivity contribution in [3.8, 4) is 0 Å². The highest BCUT2D eigenvalue weighted by atomic mass is 16.3. The smallest absolute Gasteiger partial charge is 0.0537 e. The Morgan fingerprint density at radius 1 is 0.316 bits per heavy atom. The summed E-state index contributed by atoms with van der Waals surface area (Å²) in [6.45, 7) is 12.7. The number of hydrogen-bond acceptors (Lipinski definition) is 2. The number of hydrogen-bond donors (Lipinski definition) is 2. The third-order valence-electron chi connectivity index (χ3n) is 8.67. The van der Waals surface area contributed by atoms with E-state index in [0.717, 1.165) is 0 Å². The molecule has 2 nitrogen and oxygen atoms in total. The first-order valence-corrected chi connectivity index (χ1v) is 17.7. The molecule has 2 heteroatoms. The molecule has 0 saturated carbocycles. The molecule has 232 valence electrons. The molecule has 38 heavy (non-hydrogen) atoms. The zero-order valence-corrected chi connectivity index (χ0v) is 27.6. The lowest BCUT2D eigenvalue weighted by Gasteiger charge is -2.13. The minimum absolute atomic E-state index is 0.131. The van der Waals surface area contributed by atoms with Gasteiger partial charge in [0.15, 0.2) is 0 Å². The summed E-state index contributed by atoms with van der Waals surface area (Å²) < 4.78 is 0. The van der Waals surface area contributed by atoms with Gasteiger partial charge in [-0.1, -0.05) is 182 Å². The van der Waals surface area contributed by atoms with Crippen LogP contribution in [0.4, 0.5) is 0 Å². The largest absolute Gasteiger partial charge is 0.393 e. The minimum atomic E-state index is -0.132. The van der Waals surface area contributed by atoms with Gasteiger partial charge in [0.25, 0.3) is 0 Å². The van der Waals surface area contributed by atoms with Crippen molar-refractivity contribution in [1.29, 1.82) is 0 Å². The van der Waals surface area contributed by atoms with Crippen molar-refractivity contribution in [2.24, 2.45) is 11.8 Å². The Bertz CT molecular complexity index is 406. The normalized spacial score (nSPS) is 14.5. The van der Waals surface area contributed by atoms with Gasteiger partial charge in [-0.25, -0.2) is 0 Å². The van der Waals surface area contributed by atoms with Crippen LogP contribution in [-0.4, -0.2) is 22.4 Å². The molecule has 0 heterocycles. The lowest BCUT2D eigenvalue weighted by molar-refractivity contribution is 0.128. The monoisotopic (exact) mass is 541 g/mol. The summed E-state index contributed by atoms with van der Waals surface area (Å²) in [4.78, 5) is 0. The van der Waals surface area contributed by atoms with E-state index >= 15 is 0 Å². The van der Waals surface area contributed by atoms with Crippen molar-refractivity contribution in [2.45, 2.75) is 221 Å². The highest BCUT2D eigenvalue weighted by Gasteiger charge is 2.08. The van der Waals surface area contributed by atoms with E-state index in [-0.39, 0.29) is 12.2 Å². The third kappa shape index (κ3) is 33.9. The first-order chi connectivity index (χ1) is 18.4. The van der Waals surface area contributed by atoms with Gasteiger partial charge in [0.2, 0.25) is 0 Å². The Morgan fingerprint density at radius 3 is 0.684 bits per heavy atom. The number of aliphatic hydroxyl groups is 2. The predicted octanol–water partition coefficient (Wildman–Crippen LogP) is 12.2. The van der Waals surface area contributed by atoms with E-state index in [4.69, 9.17) is 0 Å². The summed E-state index contributed by atoms with van der Waals surface area (Å²) in [5.41, 5.74) is 0. The van der Waals surface area contributed by atoms with Crippen LogP contribution in [0.1, 0.15) is 208 Å². The first kappa shape index (κ1) is 40.1. The average Bonchev–Trinajstić information content (AvgIpc) is 2.89. The fourth-order valence-electron chi connectivity index (χ4n) is 5.10. The third-order valence-corrected chi connectivity index (χ3v) is 8.67. The summed E-state index contributed by atoms with van der Waals surface area (Å²) in [6, 6.07) is 0. The van der Waals surface area contributed by atoms with E-state index in [1.165, 1.54) is 167 Å². The van der Waals surface area contributed by atoms with Crippen molar-refractivity contribution < 1.29 is 10.2 Å². The van der Waals surface area contributed by atoms with Gasteiger partial charge in [-0.15, -0.1) is 0 Å². The molecule has 0 aliphatic heterocycles. The summed E-state index contributed by atoms with van der Waals surface area (Å²) in [7, 11) is 0. The van der Waals surface area contributed by atoms with Gasteiger partial charge in [-0.2, -0.15) is 0 Å². The van der Waals surface area contributed by atoms with Crippen LogP contribution in [0.3, 0.4) is 0 Å². The SMILES string of the molecule is CCCCCCCCCCCCCC(C)C(C)O.CCCCCCCCCCCCCCCC(C)C(C)O. The molecular formula is C36H76O2. The van der Waals surface area contributed by atoms with Gasteiger partial charge in [-0.05, 0) is 38.5 Å². The highest BCUT2D eigenvalue weighted by Crippen LogP contribution is 2.17. The number of aliphatic hydroxyl groups excluding tert-OH is 2. The fraction of sp³-hybridized carbons (Fsp3) is 1.00. The Kier molecular flexibility index (Phi) is 34.9. The summed E-state index contributed by atoms with van der Waals surface area (Å²) in [5.74, 6) is 0.950. The van der Waals surface area contributed by atoms with Crippen LogP contribution in [0.2, 0.25) is 0 Å². The topological polar surface area (TPSA) is 40.5 Å². The summed E-state index contributed by atoms with van der Waals surface area (Å²) in [5, 5.41) is 18.8. The molecule has 0 aliphatic carbocycles. The van der Waals surface area contributed by atoms with E-state index < -0.39 is 0 Å². The molecular weight excluding hydrogens is 464 g/mol. The molecule has 0 spiro atoms. The standard InChI is InChI=1S/C19H40O.C17H36O/c1-4-5-6-7-8-9-10-11-12-13-14-15-16-17-18(2)19(3)20;1-4-5-6-7-8-9-10-11-12-13-14-15-16(2)17(3)18/h18-20H,4-17H2,1-3H3;16-18H,4-15H2,1-3H3. The molecule has 0 fully saturated rings. The van der Waals surface area contributed by atoms with Gasteiger partial charge in [0, 0.05) is 0 Å². The molecule has 0 bridgehead atoms. The molecule has 0 aromatic rings. The van der Waals surface area contributed by atoms with Crippen LogP contribution in [0, 0.1) is 11.8 Å². The van der Waals surface area contributed by atoms with Gasteiger partial charge < -0.3 is 10.2 Å². The van der Waals surface area contributed by atoms with Crippen LogP contribution in [-0.2, 0) is 0 Å². The Balaban J connectivity index is 0. The van der Waals surface area contributed by atoms with Gasteiger partial charge >= 0.3 is 0 Å². The molecule has 0 amide bonds. The second kappa shape index (κ2) is 33.1. The van der Waals surface area contributed by atoms with E-state index in [2.05, 4.69) is 27.7 Å². The maximum atomic E-state index is 9.41.